The van der Waals surface area contributed by atoms with Crippen LogP contribution in [0.5, 0.6) is 5.75 Å². The van der Waals surface area contributed by atoms with Gasteiger partial charge in [0.1, 0.15) is 12.4 Å². The third-order valence-corrected chi connectivity index (χ3v) is 7.13. The van der Waals surface area contributed by atoms with Gasteiger partial charge in [0.25, 0.3) is 5.91 Å². The number of amidine groups is 1. The lowest BCUT2D eigenvalue weighted by molar-refractivity contribution is -0.122. The number of hydrogen-bond donors (Lipinski definition) is 0. The Morgan fingerprint density at radius 2 is 1.77 bits per heavy atom. The van der Waals surface area contributed by atoms with Crippen LogP contribution in [0, 0.1) is 5.92 Å². The van der Waals surface area contributed by atoms with Crippen molar-refractivity contribution in [2.45, 2.75) is 20.5 Å². The number of thioether (sulfide) groups is 1. The van der Waals surface area contributed by atoms with Crippen molar-refractivity contribution in [2.24, 2.45) is 10.9 Å². The monoisotopic (exact) mass is 588 g/mol. The molecule has 8 heteroatoms. The highest BCUT2D eigenvalue weighted by atomic mass is 79.9. The molecule has 0 atom stereocenters. The molecule has 1 amide bonds. The lowest BCUT2D eigenvalue weighted by Gasteiger charge is -2.17. The van der Waals surface area contributed by atoms with Crippen molar-refractivity contribution in [3.05, 3.63) is 97.3 Å². The summed E-state index contributed by atoms with van der Waals surface area (Å²) in [4.78, 5) is 20.2. The molecule has 0 aliphatic carbocycles. The van der Waals surface area contributed by atoms with Crippen LogP contribution in [0.4, 0.5) is 5.69 Å². The van der Waals surface area contributed by atoms with Gasteiger partial charge in [0, 0.05) is 16.0 Å². The number of nitrogens with zero attached hydrogens (tertiary/aromatic N) is 2. The van der Waals surface area contributed by atoms with Gasteiger partial charge < -0.3 is 4.74 Å². The molecular formula is C27H23BrCl2N2O2S. The number of rotatable bonds is 7. The summed E-state index contributed by atoms with van der Waals surface area (Å²) in [6.45, 7) is 5.15. The smallest absolute Gasteiger partial charge is 0.266 e. The number of halogens is 3. The molecule has 4 rings (SSSR count). The molecular weight excluding hydrogens is 567 g/mol. The van der Waals surface area contributed by atoms with Gasteiger partial charge in [-0.3, -0.25) is 9.69 Å². The van der Waals surface area contributed by atoms with Crippen LogP contribution in [0.25, 0.3) is 6.08 Å². The van der Waals surface area contributed by atoms with Gasteiger partial charge in [-0.2, -0.15) is 0 Å². The molecule has 180 valence electrons. The van der Waals surface area contributed by atoms with Gasteiger partial charge in [0.2, 0.25) is 0 Å². The van der Waals surface area contributed by atoms with Crippen LogP contribution in [-0.4, -0.2) is 22.5 Å². The van der Waals surface area contributed by atoms with E-state index in [9.17, 15) is 4.79 Å². The lowest BCUT2D eigenvalue weighted by atomic mass is 10.2. The minimum absolute atomic E-state index is 0.0666. The number of carbonyl (C=O) groups is 1. The summed E-state index contributed by atoms with van der Waals surface area (Å²) in [6, 6.07) is 20.7. The van der Waals surface area contributed by atoms with Gasteiger partial charge >= 0.3 is 0 Å². The minimum atomic E-state index is -0.0666. The maximum Gasteiger partial charge on any atom is 0.266 e. The van der Waals surface area contributed by atoms with Gasteiger partial charge in [-0.25, -0.2) is 4.99 Å². The molecule has 1 heterocycles. The second kappa shape index (κ2) is 11.7. The zero-order chi connectivity index (χ0) is 24.9. The molecule has 1 saturated heterocycles. The Balaban J connectivity index is 1.53. The molecule has 0 unspecified atom stereocenters. The molecule has 1 aliphatic heterocycles. The fourth-order valence-corrected chi connectivity index (χ4v) is 5.00. The van der Waals surface area contributed by atoms with Crippen molar-refractivity contribution < 1.29 is 9.53 Å². The third-order valence-electron chi connectivity index (χ3n) is 5.05. The lowest BCUT2D eigenvalue weighted by Crippen LogP contribution is -2.32. The van der Waals surface area contributed by atoms with E-state index < -0.39 is 0 Å². The van der Waals surface area contributed by atoms with E-state index in [1.807, 2.05) is 54.6 Å². The first-order valence-electron chi connectivity index (χ1n) is 11.0. The molecule has 0 N–H and O–H groups in total. The van der Waals surface area contributed by atoms with E-state index >= 15 is 0 Å². The van der Waals surface area contributed by atoms with Crippen LogP contribution < -0.4 is 4.74 Å². The molecule has 0 saturated carbocycles. The van der Waals surface area contributed by atoms with Crippen molar-refractivity contribution in [1.29, 1.82) is 0 Å². The van der Waals surface area contributed by atoms with Gasteiger partial charge in [0.05, 0.1) is 15.6 Å². The van der Waals surface area contributed by atoms with Gasteiger partial charge in [0.15, 0.2) is 5.17 Å². The van der Waals surface area contributed by atoms with E-state index in [1.54, 1.807) is 23.1 Å². The van der Waals surface area contributed by atoms with E-state index in [-0.39, 0.29) is 5.91 Å². The number of aliphatic imine (C=N–C) groups is 1. The standard InChI is InChI=1S/C27H23BrCl2N2O2S/c1-17(2)15-32-26(33)25(35-27(32)31-22-10-8-21(29)9-11-22)14-19-5-12-24(23(30)13-19)34-16-18-3-6-20(28)7-4-18/h3-14,17H,15-16H2,1-2H3/b25-14-,31-27?. The highest BCUT2D eigenvalue weighted by Gasteiger charge is 2.33. The highest BCUT2D eigenvalue weighted by Crippen LogP contribution is 2.36. The molecule has 4 nitrogen and oxygen atoms in total. The highest BCUT2D eigenvalue weighted by molar-refractivity contribution is 9.10. The molecule has 3 aromatic rings. The summed E-state index contributed by atoms with van der Waals surface area (Å²) in [5, 5.41) is 1.78. The molecule has 3 aromatic carbocycles. The van der Waals surface area contributed by atoms with E-state index in [4.69, 9.17) is 32.9 Å². The summed E-state index contributed by atoms with van der Waals surface area (Å²) in [5.41, 5.74) is 2.61. The third kappa shape index (κ3) is 6.91. The number of hydrogen-bond acceptors (Lipinski definition) is 4. The van der Waals surface area contributed by atoms with Crippen LogP contribution in [0.3, 0.4) is 0 Å². The average Bonchev–Trinajstić information content (AvgIpc) is 3.09. The van der Waals surface area contributed by atoms with Crippen molar-refractivity contribution >= 4 is 73.7 Å². The molecule has 0 aromatic heterocycles. The zero-order valence-corrected chi connectivity index (χ0v) is 23.1. The van der Waals surface area contributed by atoms with Crippen LogP contribution >= 0.6 is 50.9 Å². The van der Waals surface area contributed by atoms with Gasteiger partial charge in [-0.05, 0) is 83.4 Å². The number of carbonyl (C=O) groups excluding carboxylic acids is 1. The Morgan fingerprint density at radius 3 is 2.43 bits per heavy atom. The number of benzene rings is 3. The first kappa shape index (κ1) is 25.8. The predicted molar refractivity (Wildman–Crippen MR) is 151 cm³/mol. The maximum atomic E-state index is 13.2. The Hall–Kier alpha value is -2.25. The molecule has 0 bridgehead atoms. The van der Waals surface area contributed by atoms with Gasteiger partial charge in [-0.15, -0.1) is 0 Å². The maximum absolute atomic E-state index is 13.2. The average molecular weight is 590 g/mol. The first-order chi connectivity index (χ1) is 16.8. The summed E-state index contributed by atoms with van der Waals surface area (Å²) >= 11 is 17.3. The summed E-state index contributed by atoms with van der Waals surface area (Å²) in [7, 11) is 0. The number of ether oxygens (including phenoxy) is 1. The zero-order valence-electron chi connectivity index (χ0n) is 19.2. The molecule has 35 heavy (non-hydrogen) atoms. The molecule has 0 radical (unpaired) electrons. The minimum Gasteiger partial charge on any atom is -0.487 e. The van der Waals surface area contributed by atoms with Crippen LogP contribution in [0.2, 0.25) is 10.0 Å². The summed E-state index contributed by atoms with van der Waals surface area (Å²) in [5.74, 6) is 0.822. The van der Waals surface area contributed by atoms with Crippen molar-refractivity contribution in [3.8, 4) is 5.75 Å². The number of amides is 1. The largest absolute Gasteiger partial charge is 0.487 e. The normalized spacial score (nSPS) is 16.1. The van der Waals surface area contributed by atoms with E-state index in [2.05, 4.69) is 29.8 Å². The van der Waals surface area contributed by atoms with E-state index in [0.717, 1.165) is 21.3 Å². The second-order valence-electron chi connectivity index (χ2n) is 8.40. The summed E-state index contributed by atoms with van der Waals surface area (Å²) < 4.78 is 6.90. The molecule has 1 fully saturated rings. The Morgan fingerprint density at radius 1 is 1.06 bits per heavy atom. The van der Waals surface area contributed by atoms with Gasteiger partial charge in [-0.1, -0.05) is 71.2 Å². The van der Waals surface area contributed by atoms with Crippen LogP contribution in [-0.2, 0) is 11.4 Å². The van der Waals surface area contributed by atoms with Crippen molar-refractivity contribution in [2.75, 3.05) is 6.54 Å². The van der Waals surface area contributed by atoms with E-state index in [1.165, 1.54) is 11.8 Å². The second-order valence-corrected chi connectivity index (χ2v) is 11.2. The molecule has 0 spiro atoms. The van der Waals surface area contributed by atoms with Crippen molar-refractivity contribution in [3.63, 3.8) is 0 Å². The van der Waals surface area contributed by atoms with Crippen LogP contribution in [0.1, 0.15) is 25.0 Å². The fourth-order valence-electron chi connectivity index (χ4n) is 3.36. The van der Waals surface area contributed by atoms with Crippen LogP contribution in [0.15, 0.2) is 81.1 Å². The SMILES string of the molecule is CC(C)CN1C(=O)/C(=C/c2ccc(OCc3ccc(Br)cc3)c(Cl)c2)SC1=Nc1ccc(Cl)cc1. The summed E-state index contributed by atoms with van der Waals surface area (Å²) in [6.07, 6.45) is 1.84. The van der Waals surface area contributed by atoms with Crippen molar-refractivity contribution in [1.82, 2.24) is 4.90 Å². The Kier molecular flexibility index (Phi) is 8.60. The fraction of sp³-hybridized carbons (Fsp3) is 0.185. The predicted octanol–water partition coefficient (Wildman–Crippen LogP) is 8.59. The molecule has 1 aliphatic rings. The Bertz CT molecular complexity index is 1280. The Labute approximate surface area is 228 Å². The van der Waals surface area contributed by atoms with E-state index in [0.29, 0.717) is 44.9 Å². The topological polar surface area (TPSA) is 41.9 Å². The first-order valence-corrected chi connectivity index (χ1v) is 13.4. The quantitative estimate of drug-likeness (QED) is 0.259.